The molecule has 1 fully saturated rings. The third kappa shape index (κ3) is 1.43. The van der Waals surface area contributed by atoms with Crippen LogP contribution in [0.4, 0.5) is 5.69 Å². The molecular weight excluding hydrogens is 224 g/mol. The van der Waals surface area contributed by atoms with Crippen LogP contribution >= 0.6 is 0 Å². The Bertz CT molecular complexity index is 574. The monoisotopic (exact) mass is 236 g/mol. The maximum atomic E-state index is 11.7. The molecule has 0 N–H and O–H groups in total. The van der Waals surface area contributed by atoms with Gasteiger partial charge in [-0.3, -0.25) is 0 Å². The molecule has 1 aromatic carbocycles. The minimum Gasteiger partial charge on any atom is -0.327 e. The van der Waals surface area contributed by atoms with Crippen LogP contribution in [0.25, 0.3) is 0 Å². The number of hydrogen-bond acceptors (Lipinski definition) is 3. The van der Waals surface area contributed by atoms with Gasteiger partial charge in [0, 0.05) is 6.04 Å². The van der Waals surface area contributed by atoms with Crippen LogP contribution in [0.15, 0.2) is 27.5 Å². The summed E-state index contributed by atoms with van der Waals surface area (Å²) in [6.45, 7) is 1.96. The SMILES string of the molecule is Cc1ccc2c(c1)N(C1CC1)C=NS2(=O)=O. The van der Waals surface area contributed by atoms with E-state index in [0.717, 1.165) is 24.1 Å². The minimum atomic E-state index is -3.47. The molecule has 4 nitrogen and oxygen atoms in total. The van der Waals surface area contributed by atoms with E-state index in [-0.39, 0.29) is 0 Å². The minimum absolute atomic E-state index is 0.326. The summed E-state index contributed by atoms with van der Waals surface area (Å²) in [5, 5.41) is 0. The van der Waals surface area contributed by atoms with E-state index in [0.29, 0.717) is 10.9 Å². The molecule has 0 amide bonds. The van der Waals surface area contributed by atoms with Crippen molar-refractivity contribution in [3.05, 3.63) is 23.8 Å². The van der Waals surface area contributed by atoms with Crippen molar-refractivity contribution in [2.75, 3.05) is 4.90 Å². The van der Waals surface area contributed by atoms with Gasteiger partial charge in [-0.05, 0) is 37.5 Å². The fraction of sp³-hybridized carbons (Fsp3) is 0.364. The Labute approximate surface area is 94.7 Å². The molecule has 1 aliphatic heterocycles. The standard InChI is InChI=1S/C11H12N2O2S/c1-8-2-5-11-10(6-8)13(9-3-4-9)7-12-16(11,14)15/h2,5-7,9H,3-4H2,1H3. The van der Waals surface area contributed by atoms with Crippen molar-refractivity contribution in [1.29, 1.82) is 0 Å². The van der Waals surface area contributed by atoms with Crippen LogP contribution in [0, 0.1) is 6.92 Å². The van der Waals surface area contributed by atoms with Crippen LogP contribution in [0.1, 0.15) is 18.4 Å². The second-order valence-corrected chi connectivity index (χ2v) is 5.91. The van der Waals surface area contributed by atoms with Crippen molar-refractivity contribution in [3.8, 4) is 0 Å². The number of rotatable bonds is 1. The van der Waals surface area contributed by atoms with Gasteiger partial charge in [0.15, 0.2) is 0 Å². The molecule has 1 heterocycles. The van der Waals surface area contributed by atoms with Gasteiger partial charge in [-0.2, -0.15) is 8.42 Å². The third-order valence-corrected chi connectivity index (χ3v) is 4.19. The van der Waals surface area contributed by atoms with Crippen LogP contribution in [0.3, 0.4) is 0 Å². The van der Waals surface area contributed by atoms with E-state index in [2.05, 4.69) is 4.40 Å². The maximum Gasteiger partial charge on any atom is 0.285 e. The first-order chi connectivity index (χ1) is 7.58. The molecule has 0 spiro atoms. The van der Waals surface area contributed by atoms with Gasteiger partial charge in [0.1, 0.15) is 11.2 Å². The van der Waals surface area contributed by atoms with Crippen LogP contribution in [-0.4, -0.2) is 20.8 Å². The summed E-state index contributed by atoms with van der Waals surface area (Å²) < 4.78 is 27.1. The highest BCUT2D eigenvalue weighted by Crippen LogP contribution is 2.37. The molecule has 1 aliphatic carbocycles. The summed E-state index contributed by atoms with van der Waals surface area (Å²) in [7, 11) is -3.47. The number of benzene rings is 1. The lowest BCUT2D eigenvalue weighted by atomic mass is 10.2. The lowest BCUT2D eigenvalue weighted by Gasteiger charge is -2.25. The highest BCUT2D eigenvalue weighted by atomic mass is 32.2. The van der Waals surface area contributed by atoms with Crippen molar-refractivity contribution in [2.24, 2.45) is 4.40 Å². The first kappa shape index (κ1) is 9.84. The van der Waals surface area contributed by atoms with Crippen molar-refractivity contribution in [3.63, 3.8) is 0 Å². The van der Waals surface area contributed by atoms with E-state index in [1.807, 2.05) is 24.0 Å². The summed E-state index contributed by atoms with van der Waals surface area (Å²) in [5.74, 6) is 0. The van der Waals surface area contributed by atoms with Gasteiger partial charge in [0.2, 0.25) is 0 Å². The zero-order chi connectivity index (χ0) is 11.3. The third-order valence-electron chi connectivity index (χ3n) is 2.92. The normalized spacial score (nSPS) is 21.9. The second kappa shape index (κ2) is 3.07. The molecule has 84 valence electrons. The second-order valence-electron chi connectivity index (χ2n) is 4.31. The zero-order valence-electron chi connectivity index (χ0n) is 8.92. The van der Waals surface area contributed by atoms with Crippen LogP contribution < -0.4 is 4.90 Å². The molecule has 5 heteroatoms. The molecule has 0 saturated heterocycles. The van der Waals surface area contributed by atoms with E-state index in [4.69, 9.17) is 0 Å². The fourth-order valence-corrected chi connectivity index (χ4v) is 2.93. The number of fused-ring (bicyclic) bond motifs is 1. The largest absolute Gasteiger partial charge is 0.327 e. The quantitative estimate of drug-likeness (QED) is 0.745. The number of aryl methyl sites for hydroxylation is 1. The number of nitrogens with zero attached hydrogens (tertiary/aromatic N) is 2. The Morgan fingerprint density at radius 3 is 2.81 bits per heavy atom. The van der Waals surface area contributed by atoms with Crippen molar-refractivity contribution < 1.29 is 8.42 Å². The van der Waals surface area contributed by atoms with Gasteiger partial charge >= 0.3 is 0 Å². The highest BCUT2D eigenvalue weighted by Gasteiger charge is 2.34. The van der Waals surface area contributed by atoms with Gasteiger partial charge in [-0.15, -0.1) is 4.40 Å². The molecule has 0 bridgehead atoms. The lowest BCUT2D eigenvalue weighted by Crippen LogP contribution is -2.29. The Balaban J connectivity index is 2.22. The molecule has 0 radical (unpaired) electrons. The Morgan fingerprint density at radius 2 is 2.12 bits per heavy atom. The first-order valence-electron chi connectivity index (χ1n) is 5.27. The van der Waals surface area contributed by atoms with Gasteiger partial charge < -0.3 is 4.90 Å². The maximum absolute atomic E-state index is 11.7. The topological polar surface area (TPSA) is 49.7 Å². The predicted molar refractivity (Wildman–Crippen MR) is 62.4 cm³/mol. The first-order valence-corrected chi connectivity index (χ1v) is 6.71. The average Bonchev–Trinajstić information content (AvgIpc) is 3.01. The van der Waals surface area contributed by atoms with E-state index in [1.54, 1.807) is 6.07 Å². The van der Waals surface area contributed by atoms with Gasteiger partial charge in [0.25, 0.3) is 10.0 Å². The number of anilines is 1. The summed E-state index contributed by atoms with van der Waals surface area (Å²) in [6, 6.07) is 5.80. The molecule has 0 aromatic heterocycles. The van der Waals surface area contributed by atoms with Crippen LogP contribution in [0.2, 0.25) is 0 Å². The Kier molecular flexibility index (Phi) is 1.89. The van der Waals surface area contributed by atoms with Crippen LogP contribution in [0.5, 0.6) is 0 Å². The summed E-state index contributed by atoms with van der Waals surface area (Å²) >= 11 is 0. The molecule has 1 saturated carbocycles. The molecule has 16 heavy (non-hydrogen) atoms. The van der Waals surface area contributed by atoms with Crippen LogP contribution in [-0.2, 0) is 10.0 Å². The predicted octanol–water partition coefficient (Wildman–Crippen LogP) is 1.69. The lowest BCUT2D eigenvalue weighted by molar-refractivity contribution is 0.597. The molecule has 2 aliphatic rings. The zero-order valence-corrected chi connectivity index (χ0v) is 9.74. The van der Waals surface area contributed by atoms with E-state index in [9.17, 15) is 8.42 Å². The number of hydrogen-bond donors (Lipinski definition) is 0. The fourth-order valence-electron chi connectivity index (χ4n) is 1.92. The summed E-state index contributed by atoms with van der Waals surface area (Å²) in [4.78, 5) is 2.30. The Morgan fingerprint density at radius 1 is 1.38 bits per heavy atom. The smallest absolute Gasteiger partial charge is 0.285 e. The highest BCUT2D eigenvalue weighted by molar-refractivity contribution is 7.90. The van der Waals surface area contributed by atoms with E-state index in [1.165, 1.54) is 6.34 Å². The molecule has 0 unspecified atom stereocenters. The summed E-state index contributed by atoms with van der Waals surface area (Å²) in [5.41, 5.74) is 1.84. The van der Waals surface area contributed by atoms with E-state index >= 15 is 0 Å². The molecule has 0 atom stereocenters. The van der Waals surface area contributed by atoms with Crippen molar-refractivity contribution in [1.82, 2.24) is 0 Å². The van der Waals surface area contributed by atoms with Gasteiger partial charge in [-0.1, -0.05) is 6.07 Å². The Hall–Kier alpha value is -1.36. The van der Waals surface area contributed by atoms with Gasteiger partial charge in [-0.25, -0.2) is 0 Å². The molecule has 3 rings (SSSR count). The van der Waals surface area contributed by atoms with Crippen molar-refractivity contribution >= 4 is 22.0 Å². The molecular formula is C11H12N2O2S. The number of sulfonamides is 1. The molecule has 1 aromatic rings. The summed E-state index contributed by atoms with van der Waals surface area (Å²) in [6.07, 6.45) is 3.67. The van der Waals surface area contributed by atoms with Gasteiger partial charge in [0.05, 0.1) is 5.69 Å². The van der Waals surface area contributed by atoms with E-state index < -0.39 is 10.0 Å². The van der Waals surface area contributed by atoms with Crippen molar-refractivity contribution in [2.45, 2.75) is 30.7 Å². The average molecular weight is 236 g/mol.